The Morgan fingerprint density at radius 1 is 1.19 bits per heavy atom. The van der Waals surface area contributed by atoms with Crippen LogP contribution in [0.3, 0.4) is 0 Å². The number of phenols is 1. The summed E-state index contributed by atoms with van der Waals surface area (Å²) in [4.78, 5) is 9.88. The number of aryl methyl sites for hydroxylation is 1. The molecule has 0 amide bonds. The fraction of sp³-hybridized carbons (Fsp3) is 0.0769. The van der Waals surface area contributed by atoms with Crippen molar-refractivity contribution < 1.29 is 18.4 Å². The molecule has 0 radical (unpaired) electrons. The van der Waals surface area contributed by atoms with E-state index in [9.17, 15) is 23.6 Å². The van der Waals surface area contributed by atoms with Crippen molar-refractivity contribution >= 4 is 21.4 Å². The Labute approximate surface area is 121 Å². The van der Waals surface area contributed by atoms with Crippen LogP contribution in [-0.4, -0.2) is 18.4 Å². The number of aromatic hydroxyl groups is 1. The smallest absolute Gasteiger partial charge is 0.270 e. The summed E-state index contributed by atoms with van der Waals surface area (Å²) in [5.74, 6) is -0.232. The van der Waals surface area contributed by atoms with Crippen molar-refractivity contribution in [3.05, 3.63) is 58.1 Å². The number of nitro benzene ring substituents is 1. The third-order valence-corrected chi connectivity index (χ3v) is 4.33. The quantitative estimate of drug-likeness (QED) is 0.512. The minimum Gasteiger partial charge on any atom is -0.506 e. The Hall–Kier alpha value is -2.61. The van der Waals surface area contributed by atoms with Gasteiger partial charge in [-0.05, 0) is 24.6 Å². The molecule has 2 aromatic rings. The van der Waals surface area contributed by atoms with E-state index in [1.807, 2.05) is 0 Å². The van der Waals surface area contributed by atoms with E-state index in [1.54, 1.807) is 12.1 Å². The van der Waals surface area contributed by atoms with E-state index in [-0.39, 0.29) is 22.0 Å². The maximum Gasteiger partial charge on any atom is 0.270 e. The van der Waals surface area contributed by atoms with E-state index in [0.29, 0.717) is 5.56 Å². The van der Waals surface area contributed by atoms with E-state index in [4.69, 9.17) is 0 Å². The monoisotopic (exact) mass is 308 g/mol. The Morgan fingerprint density at radius 3 is 2.48 bits per heavy atom. The first-order valence-corrected chi connectivity index (χ1v) is 7.35. The number of nitrogens with zero attached hydrogens (tertiary/aromatic N) is 1. The van der Waals surface area contributed by atoms with Crippen LogP contribution in [0.15, 0.2) is 47.4 Å². The normalized spacial score (nSPS) is 11.1. The lowest BCUT2D eigenvalue weighted by Gasteiger charge is -2.11. The van der Waals surface area contributed by atoms with Crippen LogP contribution in [0, 0.1) is 17.0 Å². The predicted molar refractivity (Wildman–Crippen MR) is 76.7 cm³/mol. The number of phenolic OH excluding ortho intramolecular Hbond substituents is 1. The van der Waals surface area contributed by atoms with Gasteiger partial charge in [0.2, 0.25) is 0 Å². The second kappa shape index (κ2) is 5.41. The van der Waals surface area contributed by atoms with Gasteiger partial charge in [-0.25, -0.2) is 8.42 Å². The summed E-state index contributed by atoms with van der Waals surface area (Å²) in [7, 11) is -4.04. The summed E-state index contributed by atoms with van der Waals surface area (Å²) in [6.45, 7) is 1.53. The number of para-hydroxylation sites is 2. The molecule has 0 aliphatic carbocycles. The third kappa shape index (κ3) is 3.11. The second-order valence-electron chi connectivity index (χ2n) is 4.33. The number of hydrogen-bond donors (Lipinski definition) is 2. The van der Waals surface area contributed by atoms with Crippen molar-refractivity contribution in [2.45, 2.75) is 11.8 Å². The van der Waals surface area contributed by atoms with E-state index >= 15 is 0 Å². The van der Waals surface area contributed by atoms with Gasteiger partial charge in [-0.3, -0.25) is 14.8 Å². The van der Waals surface area contributed by atoms with Crippen LogP contribution >= 0.6 is 0 Å². The summed E-state index contributed by atoms with van der Waals surface area (Å²) < 4.78 is 26.8. The number of benzene rings is 2. The minimum atomic E-state index is -4.04. The second-order valence-corrected chi connectivity index (χ2v) is 5.98. The van der Waals surface area contributed by atoms with Gasteiger partial charge in [0.25, 0.3) is 15.7 Å². The maximum atomic E-state index is 12.3. The molecule has 0 saturated heterocycles. The summed E-state index contributed by atoms with van der Waals surface area (Å²) in [6, 6.07) is 9.39. The van der Waals surface area contributed by atoms with Crippen molar-refractivity contribution in [1.29, 1.82) is 0 Å². The predicted octanol–water partition coefficient (Wildman–Crippen LogP) is 2.41. The average molecular weight is 308 g/mol. The molecule has 21 heavy (non-hydrogen) atoms. The molecule has 0 atom stereocenters. The SMILES string of the molecule is Cc1ccc([N+](=O)[O-])cc1S(=O)(=O)Nc1ccccc1O. The molecule has 2 aromatic carbocycles. The molecule has 2 rings (SSSR count). The number of nitro groups is 1. The first-order chi connectivity index (χ1) is 9.81. The number of hydrogen-bond acceptors (Lipinski definition) is 5. The van der Waals surface area contributed by atoms with E-state index in [2.05, 4.69) is 4.72 Å². The molecule has 8 heteroatoms. The minimum absolute atomic E-state index is 0.00315. The van der Waals surface area contributed by atoms with E-state index < -0.39 is 14.9 Å². The van der Waals surface area contributed by atoms with Crippen molar-refractivity contribution in [2.75, 3.05) is 4.72 Å². The van der Waals surface area contributed by atoms with Gasteiger partial charge in [-0.2, -0.15) is 0 Å². The number of non-ortho nitro benzene ring substituents is 1. The summed E-state index contributed by atoms with van der Waals surface area (Å²) in [5, 5.41) is 20.4. The van der Waals surface area contributed by atoms with Gasteiger partial charge < -0.3 is 5.11 Å². The molecule has 2 N–H and O–H groups in total. The summed E-state index contributed by atoms with van der Waals surface area (Å²) in [5.41, 5.74) is 0.0465. The highest BCUT2D eigenvalue weighted by Crippen LogP contribution is 2.27. The zero-order valence-electron chi connectivity index (χ0n) is 11.0. The molecular weight excluding hydrogens is 296 g/mol. The van der Waals surface area contributed by atoms with Crippen molar-refractivity contribution in [2.24, 2.45) is 0 Å². The van der Waals surface area contributed by atoms with Crippen molar-refractivity contribution in [3.8, 4) is 5.75 Å². The molecule has 0 saturated carbocycles. The van der Waals surface area contributed by atoms with Gasteiger partial charge in [0.1, 0.15) is 5.75 Å². The number of nitrogens with one attached hydrogen (secondary N) is 1. The van der Waals surface area contributed by atoms with Crippen LogP contribution < -0.4 is 4.72 Å². The molecule has 110 valence electrons. The Morgan fingerprint density at radius 2 is 1.86 bits per heavy atom. The zero-order chi connectivity index (χ0) is 15.6. The Bertz CT molecular complexity index is 802. The average Bonchev–Trinajstić information content (AvgIpc) is 2.41. The van der Waals surface area contributed by atoms with Crippen LogP contribution in [-0.2, 0) is 10.0 Å². The van der Waals surface area contributed by atoms with Crippen LogP contribution in [0.2, 0.25) is 0 Å². The van der Waals surface area contributed by atoms with E-state index in [1.165, 1.54) is 31.2 Å². The van der Waals surface area contributed by atoms with Crippen LogP contribution in [0.5, 0.6) is 5.75 Å². The van der Waals surface area contributed by atoms with Gasteiger partial charge in [0.05, 0.1) is 15.5 Å². The highest BCUT2D eigenvalue weighted by atomic mass is 32.2. The fourth-order valence-electron chi connectivity index (χ4n) is 1.75. The lowest BCUT2D eigenvalue weighted by molar-refractivity contribution is -0.385. The molecular formula is C13H12N2O5S. The largest absolute Gasteiger partial charge is 0.506 e. The fourth-order valence-corrected chi connectivity index (χ4v) is 3.09. The molecule has 0 unspecified atom stereocenters. The highest BCUT2D eigenvalue weighted by Gasteiger charge is 2.21. The topological polar surface area (TPSA) is 110 Å². The standard InChI is InChI=1S/C13H12N2O5S/c1-9-6-7-10(15(17)18)8-13(9)21(19,20)14-11-4-2-3-5-12(11)16/h2-8,14,16H,1H3. The Kier molecular flexibility index (Phi) is 3.81. The highest BCUT2D eigenvalue weighted by molar-refractivity contribution is 7.92. The van der Waals surface area contributed by atoms with Crippen LogP contribution in [0.4, 0.5) is 11.4 Å². The number of rotatable bonds is 4. The van der Waals surface area contributed by atoms with Crippen molar-refractivity contribution in [1.82, 2.24) is 0 Å². The molecule has 0 aliphatic rings. The number of anilines is 1. The first-order valence-electron chi connectivity index (χ1n) is 5.87. The van der Waals surface area contributed by atoms with Gasteiger partial charge >= 0.3 is 0 Å². The molecule has 0 heterocycles. The van der Waals surface area contributed by atoms with Gasteiger partial charge in [0, 0.05) is 12.1 Å². The summed E-state index contributed by atoms with van der Waals surface area (Å²) >= 11 is 0. The van der Waals surface area contributed by atoms with Crippen molar-refractivity contribution in [3.63, 3.8) is 0 Å². The summed E-state index contributed by atoms with van der Waals surface area (Å²) in [6.07, 6.45) is 0. The maximum absolute atomic E-state index is 12.3. The zero-order valence-corrected chi connectivity index (χ0v) is 11.8. The molecule has 0 aromatic heterocycles. The number of sulfonamides is 1. The molecule has 0 spiro atoms. The lowest BCUT2D eigenvalue weighted by atomic mass is 10.2. The van der Waals surface area contributed by atoms with Gasteiger partial charge in [-0.15, -0.1) is 0 Å². The van der Waals surface area contributed by atoms with E-state index in [0.717, 1.165) is 6.07 Å². The van der Waals surface area contributed by atoms with Gasteiger partial charge in [-0.1, -0.05) is 18.2 Å². The molecule has 0 aliphatic heterocycles. The lowest BCUT2D eigenvalue weighted by Crippen LogP contribution is -2.14. The molecule has 7 nitrogen and oxygen atoms in total. The molecule has 0 bridgehead atoms. The van der Waals surface area contributed by atoms with Gasteiger partial charge in [0.15, 0.2) is 0 Å². The third-order valence-electron chi connectivity index (χ3n) is 2.82. The van der Waals surface area contributed by atoms with Crippen LogP contribution in [0.25, 0.3) is 0 Å². The Balaban J connectivity index is 2.47. The first kappa shape index (κ1) is 14.8. The molecule has 0 fully saturated rings. The van der Waals surface area contributed by atoms with Crippen LogP contribution in [0.1, 0.15) is 5.56 Å².